The van der Waals surface area contributed by atoms with Crippen molar-refractivity contribution in [1.82, 2.24) is 4.90 Å². The summed E-state index contributed by atoms with van der Waals surface area (Å²) in [7, 11) is 1.25. The third-order valence-corrected chi connectivity index (χ3v) is 5.57. The second kappa shape index (κ2) is 8.33. The van der Waals surface area contributed by atoms with Gasteiger partial charge >= 0.3 is 12.1 Å². The fraction of sp³-hybridized carbons (Fsp3) is 0.160. The standard InChI is InChI=1S/C25H20N2O4/c1-31-25(30)27(22(24(28)29)14-16-7-6-8-17(13-16)15-26)23-20-11-4-2-9-18(20)19-10-3-5-12-21(19)23/h2-13,22-23H,14H2,1H3,(H,28,29)/t22-/m0/s1. The van der Waals surface area contributed by atoms with E-state index in [1.165, 1.54) is 12.0 Å². The van der Waals surface area contributed by atoms with Gasteiger partial charge < -0.3 is 9.84 Å². The van der Waals surface area contributed by atoms with Crippen LogP contribution < -0.4 is 0 Å². The number of ether oxygens (including phenoxy) is 1. The van der Waals surface area contributed by atoms with Crippen molar-refractivity contribution in [2.45, 2.75) is 18.5 Å². The number of amides is 1. The predicted molar refractivity (Wildman–Crippen MR) is 114 cm³/mol. The van der Waals surface area contributed by atoms with Gasteiger partial charge in [0.05, 0.1) is 24.8 Å². The summed E-state index contributed by atoms with van der Waals surface area (Å²) in [5.41, 5.74) is 4.72. The average Bonchev–Trinajstić information content (AvgIpc) is 3.13. The van der Waals surface area contributed by atoms with Crippen LogP contribution in [0.25, 0.3) is 11.1 Å². The van der Waals surface area contributed by atoms with Crippen molar-refractivity contribution in [3.05, 3.63) is 95.1 Å². The maximum atomic E-state index is 13.0. The van der Waals surface area contributed by atoms with Crippen molar-refractivity contribution >= 4 is 12.1 Å². The smallest absolute Gasteiger partial charge is 0.411 e. The number of nitriles is 1. The van der Waals surface area contributed by atoms with Crippen molar-refractivity contribution < 1.29 is 19.4 Å². The Morgan fingerprint density at radius 1 is 1.03 bits per heavy atom. The van der Waals surface area contributed by atoms with Crippen LogP contribution in [0.15, 0.2) is 72.8 Å². The Labute approximate surface area is 179 Å². The molecule has 1 atom stereocenters. The minimum atomic E-state index is -1.19. The molecule has 4 rings (SSSR count). The predicted octanol–water partition coefficient (Wildman–Crippen LogP) is 4.39. The van der Waals surface area contributed by atoms with Gasteiger partial charge in [-0.3, -0.25) is 4.90 Å². The van der Waals surface area contributed by atoms with Crippen LogP contribution in [0.2, 0.25) is 0 Å². The molecule has 0 saturated heterocycles. The summed E-state index contributed by atoms with van der Waals surface area (Å²) in [6.07, 6.45) is -0.679. The molecule has 6 nitrogen and oxygen atoms in total. The maximum absolute atomic E-state index is 13.0. The topological polar surface area (TPSA) is 90.6 Å². The highest BCUT2D eigenvalue weighted by atomic mass is 16.5. The molecule has 0 unspecified atom stereocenters. The lowest BCUT2D eigenvalue weighted by Crippen LogP contribution is -2.48. The SMILES string of the molecule is COC(=O)N(C1c2ccccc2-c2ccccc21)[C@@H](Cc1cccc(C#N)c1)C(=O)O. The molecule has 1 aliphatic carbocycles. The van der Waals surface area contributed by atoms with Gasteiger partial charge in [0, 0.05) is 6.42 Å². The van der Waals surface area contributed by atoms with Crippen molar-refractivity contribution in [1.29, 1.82) is 5.26 Å². The van der Waals surface area contributed by atoms with E-state index in [9.17, 15) is 20.0 Å². The Morgan fingerprint density at radius 2 is 1.65 bits per heavy atom. The molecular formula is C25H20N2O4. The third kappa shape index (κ3) is 3.62. The van der Waals surface area contributed by atoms with Gasteiger partial charge in [-0.15, -0.1) is 0 Å². The molecule has 6 heteroatoms. The number of carboxylic acids is 1. The number of benzene rings is 3. The van der Waals surface area contributed by atoms with E-state index in [0.29, 0.717) is 11.1 Å². The van der Waals surface area contributed by atoms with Crippen molar-refractivity contribution in [2.24, 2.45) is 0 Å². The van der Waals surface area contributed by atoms with Gasteiger partial charge in [0.2, 0.25) is 0 Å². The fourth-order valence-electron chi connectivity index (χ4n) is 4.24. The highest BCUT2D eigenvalue weighted by Gasteiger charge is 2.42. The largest absolute Gasteiger partial charge is 0.480 e. The lowest BCUT2D eigenvalue weighted by atomic mass is 9.97. The van der Waals surface area contributed by atoms with E-state index in [0.717, 1.165) is 22.3 Å². The van der Waals surface area contributed by atoms with Gasteiger partial charge in [-0.05, 0) is 39.9 Å². The molecule has 3 aromatic rings. The summed E-state index contributed by atoms with van der Waals surface area (Å²) < 4.78 is 5.04. The van der Waals surface area contributed by atoms with Crippen LogP contribution in [-0.4, -0.2) is 35.2 Å². The Balaban J connectivity index is 1.84. The molecule has 1 amide bonds. The zero-order valence-electron chi connectivity index (χ0n) is 16.9. The zero-order chi connectivity index (χ0) is 22.0. The molecule has 0 spiro atoms. The Bertz CT molecular complexity index is 1150. The summed E-state index contributed by atoms with van der Waals surface area (Å²) in [5.74, 6) is -1.14. The summed E-state index contributed by atoms with van der Waals surface area (Å²) in [4.78, 5) is 26.6. The monoisotopic (exact) mass is 412 g/mol. The van der Waals surface area contributed by atoms with Crippen molar-refractivity contribution in [3.63, 3.8) is 0 Å². The van der Waals surface area contributed by atoms with E-state index < -0.39 is 24.1 Å². The molecule has 0 fully saturated rings. The van der Waals surface area contributed by atoms with E-state index in [4.69, 9.17) is 4.74 Å². The number of aliphatic carboxylic acids is 1. The van der Waals surface area contributed by atoms with Gasteiger partial charge in [-0.25, -0.2) is 9.59 Å². The number of carbonyl (C=O) groups excluding carboxylic acids is 1. The van der Waals surface area contributed by atoms with Gasteiger partial charge in [-0.2, -0.15) is 5.26 Å². The number of fused-ring (bicyclic) bond motifs is 3. The van der Waals surface area contributed by atoms with E-state index in [2.05, 4.69) is 6.07 Å². The molecule has 154 valence electrons. The van der Waals surface area contributed by atoms with Crippen molar-refractivity contribution in [3.8, 4) is 17.2 Å². The number of carbonyl (C=O) groups is 2. The fourth-order valence-corrected chi connectivity index (χ4v) is 4.24. The van der Waals surface area contributed by atoms with Crippen LogP contribution in [0.1, 0.15) is 28.3 Å². The van der Waals surface area contributed by atoms with Crippen LogP contribution in [0.4, 0.5) is 4.79 Å². The first-order chi connectivity index (χ1) is 15.0. The Hall–Kier alpha value is -4.11. The molecule has 3 aromatic carbocycles. The normalized spacial score (nSPS) is 12.9. The van der Waals surface area contributed by atoms with E-state index in [1.807, 2.05) is 48.5 Å². The molecular weight excluding hydrogens is 392 g/mol. The lowest BCUT2D eigenvalue weighted by Gasteiger charge is -2.34. The number of nitrogens with zero attached hydrogens (tertiary/aromatic N) is 2. The average molecular weight is 412 g/mol. The van der Waals surface area contributed by atoms with E-state index in [-0.39, 0.29) is 6.42 Å². The van der Waals surface area contributed by atoms with Crippen LogP contribution in [0, 0.1) is 11.3 Å². The highest BCUT2D eigenvalue weighted by molar-refractivity contribution is 5.85. The summed E-state index contributed by atoms with van der Waals surface area (Å²) in [6, 6.07) is 22.4. The van der Waals surface area contributed by atoms with Gasteiger partial charge in [-0.1, -0.05) is 60.7 Å². The van der Waals surface area contributed by atoms with E-state index >= 15 is 0 Å². The molecule has 0 radical (unpaired) electrons. The first-order valence-electron chi connectivity index (χ1n) is 9.81. The molecule has 0 aromatic heterocycles. The molecule has 0 bridgehead atoms. The lowest BCUT2D eigenvalue weighted by molar-refractivity contribution is -0.143. The second-order valence-electron chi connectivity index (χ2n) is 7.32. The zero-order valence-corrected chi connectivity index (χ0v) is 16.9. The van der Waals surface area contributed by atoms with Crippen LogP contribution >= 0.6 is 0 Å². The number of rotatable bonds is 5. The third-order valence-electron chi connectivity index (χ3n) is 5.57. The summed E-state index contributed by atoms with van der Waals surface area (Å²) in [6.45, 7) is 0. The van der Waals surface area contributed by atoms with Crippen LogP contribution in [-0.2, 0) is 16.0 Å². The molecule has 1 aliphatic rings. The number of carboxylic acid groups (broad SMARTS) is 1. The van der Waals surface area contributed by atoms with Crippen LogP contribution in [0.5, 0.6) is 0 Å². The molecule has 0 heterocycles. The first kappa shape index (κ1) is 20.2. The van der Waals surface area contributed by atoms with E-state index in [1.54, 1.807) is 24.3 Å². The number of methoxy groups -OCH3 is 1. The highest BCUT2D eigenvalue weighted by Crippen LogP contribution is 2.47. The minimum absolute atomic E-state index is 0.0424. The van der Waals surface area contributed by atoms with Gasteiger partial charge in [0.25, 0.3) is 0 Å². The summed E-state index contributed by atoms with van der Waals surface area (Å²) >= 11 is 0. The molecule has 1 N–H and O–H groups in total. The van der Waals surface area contributed by atoms with Gasteiger partial charge in [0.15, 0.2) is 0 Å². The minimum Gasteiger partial charge on any atom is -0.480 e. The molecule has 0 aliphatic heterocycles. The molecule has 31 heavy (non-hydrogen) atoms. The number of hydrogen-bond acceptors (Lipinski definition) is 4. The summed E-state index contributed by atoms with van der Waals surface area (Å²) in [5, 5.41) is 19.3. The van der Waals surface area contributed by atoms with Crippen molar-refractivity contribution in [2.75, 3.05) is 7.11 Å². The Morgan fingerprint density at radius 3 is 2.19 bits per heavy atom. The molecule has 0 saturated carbocycles. The Kier molecular flexibility index (Phi) is 5.42. The first-order valence-corrected chi connectivity index (χ1v) is 9.81. The quantitative estimate of drug-likeness (QED) is 0.671. The van der Waals surface area contributed by atoms with Gasteiger partial charge in [0.1, 0.15) is 6.04 Å². The number of hydrogen-bond donors (Lipinski definition) is 1. The van der Waals surface area contributed by atoms with Crippen LogP contribution in [0.3, 0.4) is 0 Å². The maximum Gasteiger partial charge on any atom is 0.411 e. The second-order valence-corrected chi connectivity index (χ2v) is 7.32.